The van der Waals surface area contributed by atoms with E-state index >= 15 is 0 Å². The van der Waals surface area contributed by atoms with Crippen LogP contribution in [0.2, 0.25) is 5.02 Å². The number of halogens is 3. The van der Waals surface area contributed by atoms with Crippen molar-refractivity contribution in [3.8, 4) is 5.75 Å². The molecule has 0 atom stereocenters. The molecule has 2 amide bonds. The summed E-state index contributed by atoms with van der Waals surface area (Å²) in [5.74, 6) is -0.795. The fraction of sp³-hybridized carbons (Fsp3) is 0.412. The number of alkyl halides is 2. The lowest BCUT2D eigenvalue weighted by molar-refractivity contribution is -0.132. The molecule has 0 unspecified atom stereocenters. The summed E-state index contributed by atoms with van der Waals surface area (Å²) in [4.78, 5) is 25.3. The van der Waals surface area contributed by atoms with Crippen molar-refractivity contribution in [3.63, 3.8) is 0 Å². The summed E-state index contributed by atoms with van der Waals surface area (Å²) in [6.07, 6.45) is 2.52. The Morgan fingerprint density at radius 1 is 1.36 bits per heavy atom. The number of nitrogens with one attached hydrogen (secondary N) is 1. The lowest BCUT2D eigenvalue weighted by Gasteiger charge is -2.19. The third-order valence-corrected chi connectivity index (χ3v) is 3.31. The average molecular weight is 375 g/mol. The Labute approximate surface area is 150 Å². The van der Waals surface area contributed by atoms with Gasteiger partial charge in [0.2, 0.25) is 11.8 Å². The van der Waals surface area contributed by atoms with Gasteiger partial charge in [-0.2, -0.15) is 8.78 Å². The van der Waals surface area contributed by atoms with Crippen LogP contribution in [0.1, 0.15) is 26.3 Å². The molecule has 0 heterocycles. The van der Waals surface area contributed by atoms with Gasteiger partial charge in [-0.1, -0.05) is 11.6 Å². The number of carbonyl (C=O) groups is 2. The summed E-state index contributed by atoms with van der Waals surface area (Å²) in [6.45, 7) is 2.62. The van der Waals surface area contributed by atoms with E-state index in [1.54, 1.807) is 6.92 Å². The molecule has 0 aliphatic rings. The topological polar surface area (TPSA) is 58.6 Å². The zero-order valence-electron chi connectivity index (χ0n) is 14.3. The molecule has 0 spiro atoms. The van der Waals surface area contributed by atoms with Gasteiger partial charge in [-0.15, -0.1) is 0 Å². The summed E-state index contributed by atoms with van der Waals surface area (Å²) in [6, 6.07) is 4.09. The highest BCUT2D eigenvalue weighted by Crippen LogP contribution is 2.25. The number of ether oxygens (including phenoxy) is 1. The van der Waals surface area contributed by atoms with Gasteiger partial charge in [0.1, 0.15) is 5.75 Å². The van der Waals surface area contributed by atoms with E-state index in [0.717, 1.165) is 0 Å². The van der Waals surface area contributed by atoms with Gasteiger partial charge in [-0.3, -0.25) is 9.59 Å². The standard InChI is InChI=1S/C17H21ClF2N2O3/c1-4-22(10-15(23)21-11(2)3)16(24)8-5-12-9-13(18)6-7-14(12)25-17(19)20/h5-9,11,17H,4,10H2,1-3H3,(H,21,23). The Kier molecular flexibility index (Phi) is 8.34. The molecular weight excluding hydrogens is 354 g/mol. The number of benzene rings is 1. The molecule has 0 saturated carbocycles. The smallest absolute Gasteiger partial charge is 0.387 e. The van der Waals surface area contributed by atoms with Gasteiger partial charge in [-0.25, -0.2) is 0 Å². The van der Waals surface area contributed by atoms with Crippen LogP contribution in [0.4, 0.5) is 8.78 Å². The highest BCUT2D eigenvalue weighted by atomic mass is 35.5. The monoisotopic (exact) mass is 374 g/mol. The van der Waals surface area contributed by atoms with Gasteiger partial charge in [0.15, 0.2) is 0 Å². The Morgan fingerprint density at radius 3 is 2.60 bits per heavy atom. The molecule has 1 aromatic carbocycles. The number of hydrogen-bond donors (Lipinski definition) is 1. The van der Waals surface area contributed by atoms with Crippen molar-refractivity contribution >= 4 is 29.5 Å². The number of likely N-dealkylation sites (N-methyl/N-ethyl adjacent to an activating group) is 1. The predicted molar refractivity (Wildman–Crippen MR) is 92.7 cm³/mol. The average Bonchev–Trinajstić information content (AvgIpc) is 2.51. The van der Waals surface area contributed by atoms with Gasteiger partial charge in [0.25, 0.3) is 0 Å². The Hall–Kier alpha value is -2.15. The summed E-state index contributed by atoms with van der Waals surface area (Å²) in [5, 5.41) is 3.01. The molecule has 0 aliphatic carbocycles. The van der Waals surface area contributed by atoms with Crippen molar-refractivity contribution in [1.29, 1.82) is 0 Å². The first-order valence-corrected chi connectivity index (χ1v) is 8.11. The summed E-state index contributed by atoms with van der Waals surface area (Å²) < 4.78 is 29.3. The number of nitrogens with zero attached hydrogens (tertiary/aromatic N) is 1. The fourth-order valence-corrected chi connectivity index (χ4v) is 2.19. The van der Waals surface area contributed by atoms with Crippen LogP contribution in [0.15, 0.2) is 24.3 Å². The Morgan fingerprint density at radius 2 is 2.04 bits per heavy atom. The van der Waals surface area contributed by atoms with E-state index in [1.165, 1.54) is 35.3 Å². The first kappa shape index (κ1) is 20.9. The lowest BCUT2D eigenvalue weighted by atomic mass is 10.2. The molecule has 138 valence electrons. The van der Waals surface area contributed by atoms with Crippen molar-refractivity contribution in [2.75, 3.05) is 13.1 Å². The number of amides is 2. The molecule has 5 nitrogen and oxygen atoms in total. The maximum absolute atomic E-state index is 12.4. The number of carbonyl (C=O) groups excluding carboxylic acids is 2. The van der Waals surface area contributed by atoms with Crippen LogP contribution in [0.25, 0.3) is 6.08 Å². The SMILES string of the molecule is CCN(CC(=O)NC(C)C)C(=O)C=Cc1cc(Cl)ccc1OC(F)F. The third-order valence-electron chi connectivity index (χ3n) is 3.07. The summed E-state index contributed by atoms with van der Waals surface area (Å²) in [5.41, 5.74) is 0.240. The van der Waals surface area contributed by atoms with E-state index in [2.05, 4.69) is 10.1 Å². The molecule has 0 aromatic heterocycles. The van der Waals surface area contributed by atoms with Gasteiger partial charge < -0.3 is 15.0 Å². The minimum absolute atomic E-state index is 0.0302. The molecule has 25 heavy (non-hydrogen) atoms. The van der Waals surface area contributed by atoms with Gasteiger partial charge in [0, 0.05) is 29.2 Å². The van der Waals surface area contributed by atoms with Crippen molar-refractivity contribution in [2.45, 2.75) is 33.4 Å². The third kappa shape index (κ3) is 7.51. The van der Waals surface area contributed by atoms with E-state index in [0.29, 0.717) is 11.6 Å². The maximum atomic E-state index is 12.4. The minimum Gasteiger partial charge on any atom is -0.434 e. The van der Waals surface area contributed by atoms with E-state index < -0.39 is 12.5 Å². The summed E-state index contributed by atoms with van der Waals surface area (Å²) >= 11 is 5.85. The van der Waals surface area contributed by atoms with Crippen LogP contribution in [-0.4, -0.2) is 42.5 Å². The first-order chi connectivity index (χ1) is 11.7. The second-order valence-electron chi connectivity index (χ2n) is 5.47. The quantitative estimate of drug-likeness (QED) is 0.710. The second kappa shape index (κ2) is 9.98. The van der Waals surface area contributed by atoms with Crippen molar-refractivity contribution in [3.05, 3.63) is 34.9 Å². The largest absolute Gasteiger partial charge is 0.434 e. The van der Waals surface area contributed by atoms with Crippen LogP contribution in [0.5, 0.6) is 5.75 Å². The minimum atomic E-state index is -2.99. The molecule has 0 aliphatic heterocycles. The van der Waals surface area contributed by atoms with Gasteiger partial charge in [-0.05, 0) is 45.0 Å². The maximum Gasteiger partial charge on any atom is 0.387 e. The zero-order chi connectivity index (χ0) is 19.0. The van der Waals surface area contributed by atoms with Gasteiger partial charge >= 0.3 is 6.61 Å². The number of rotatable bonds is 8. The second-order valence-corrected chi connectivity index (χ2v) is 5.91. The molecule has 0 radical (unpaired) electrons. The Bertz CT molecular complexity index is 636. The molecular formula is C17H21ClF2N2O3. The molecule has 1 N–H and O–H groups in total. The Balaban J connectivity index is 2.86. The number of hydrogen-bond acceptors (Lipinski definition) is 3. The van der Waals surface area contributed by atoms with Crippen molar-refractivity contribution in [2.24, 2.45) is 0 Å². The van der Waals surface area contributed by atoms with Gasteiger partial charge in [0.05, 0.1) is 6.54 Å². The molecule has 0 bridgehead atoms. The molecule has 1 rings (SSSR count). The first-order valence-electron chi connectivity index (χ1n) is 7.73. The molecule has 1 aromatic rings. The fourth-order valence-electron chi connectivity index (χ4n) is 2.01. The molecule has 0 fully saturated rings. The highest BCUT2D eigenvalue weighted by Gasteiger charge is 2.14. The summed E-state index contributed by atoms with van der Waals surface area (Å²) in [7, 11) is 0. The van der Waals surface area contributed by atoms with E-state index in [-0.39, 0.29) is 29.8 Å². The molecule has 0 saturated heterocycles. The van der Waals surface area contributed by atoms with E-state index in [4.69, 9.17) is 11.6 Å². The van der Waals surface area contributed by atoms with Crippen LogP contribution >= 0.6 is 11.6 Å². The van der Waals surface area contributed by atoms with Crippen molar-refractivity contribution in [1.82, 2.24) is 10.2 Å². The van der Waals surface area contributed by atoms with Crippen LogP contribution < -0.4 is 10.1 Å². The van der Waals surface area contributed by atoms with Crippen LogP contribution in [0.3, 0.4) is 0 Å². The van der Waals surface area contributed by atoms with E-state index in [9.17, 15) is 18.4 Å². The lowest BCUT2D eigenvalue weighted by Crippen LogP contribution is -2.42. The normalized spacial score (nSPS) is 11.2. The van der Waals surface area contributed by atoms with Crippen molar-refractivity contribution < 1.29 is 23.1 Å². The van der Waals surface area contributed by atoms with Crippen LogP contribution in [-0.2, 0) is 9.59 Å². The predicted octanol–water partition coefficient (Wildman–Crippen LogP) is 3.33. The molecule has 8 heteroatoms. The zero-order valence-corrected chi connectivity index (χ0v) is 15.0. The highest BCUT2D eigenvalue weighted by molar-refractivity contribution is 6.30. The van der Waals surface area contributed by atoms with E-state index in [1.807, 2.05) is 13.8 Å². The van der Waals surface area contributed by atoms with Crippen LogP contribution in [0, 0.1) is 0 Å².